The Kier molecular flexibility index (Phi) is 2.66. The second kappa shape index (κ2) is 3.76. The Morgan fingerprint density at radius 2 is 2.09 bits per heavy atom. The topological polar surface area (TPSA) is 28.7 Å². The number of nitrogens with zero attached hydrogens (tertiary/aromatic N) is 1. The van der Waals surface area contributed by atoms with Gasteiger partial charge in [-0.05, 0) is 25.5 Å². The molecule has 1 rings (SSSR count). The Hall–Kier alpha value is -1.31. The third kappa shape index (κ3) is 2.85. The van der Waals surface area contributed by atoms with Gasteiger partial charge in [-0.15, -0.1) is 0 Å². The fourth-order valence-electron chi connectivity index (χ4n) is 0.720. The van der Waals surface area contributed by atoms with Crippen LogP contribution in [0.5, 0.6) is 0 Å². The van der Waals surface area contributed by atoms with E-state index >= 15 is 0 Å². The molecule has 2 nitrogen and oxygen atoms in total. The molecule has 2 heteroatoms. The zero-order valence-corrected chi connectivity index (χ0v) is 6.83. The predicted octanol–water partition coefficient (Wildman–Crippen LogP) is 2.15. The van der Waals surface area contributed by atoms with E-state index in [1.807, 2.05) is 38.4 Å². The molecule has 0 atom stereocenters. The molecule has 0 unspecified atom stereocenters. The number of rotatable bonds is 0. The summed E-state index contributed by atoms with van der Waals surface area (Å²) in [6.07, 6.45) is 5.38. The largest absolute Gasteiger partial charge is 0.364 e. The molecule has 11 heavy (non-hydrogen) atoms. The first-order valence-corrected chi connectivity index (χ1v) is 3.59. The minimum atomic E-state index is 1.12. The van der Waals surface area contributed by atoms with E-state index < -0.39 is 0 Å². The molecule has 1 aromatic rings. The average molecular weight is 148 g/mol. The SMILES string of the molecule is Cc1ccc(C)[nH]ccnc1. The summed E-state index contributed by atoms with van der Waals surface area (Å²) in [6, 6.07) is 4.05. The average Bonchev–Trinajstić information content (AvgIpc) is 2.06. The monoisotopic (exact) mass is 148 g/mol. The quantitative estimate of drug-likeness (QED) is 0.600. The lowest BCUT2D eigenvalue weighted by Crippen LogP contribution is -1.69. The van der Waals surface area contributed by atoms with E-state index in [4.69, 9.17) is 0 Å². The molecule has 0 spiro atoms. The van der Waals surface area contributed by atoms with Gasteiger partial charge in [-0.2, -0.15) is 0 Å². The number of hydrogen-bond donors (Lipinski definition) is 1. The number of aryl methyl sites for hydroxylation is 2. The number of nitrogens with one attached hydrogen (secondary N) is 1. The highest BCUT2D eigenvalue weighted by molar-refractivity contribution is 5.06. The fourth-order valence-corrected chi connectivity index (χ4v) is 0.720. The Morgan fingerprint density at radius 1 is 1.27 bits per heavy atom. The van der Waals surface area contributed by atoms with E-state index in [-0.39, 0.29) is 0 Å². The van der Waals surface area contributed by atoms with Crippen molar-refractivity contribution in [3.8, 4) is 0 Å². The van der Waals surface area contributed by atoms with E-state index in [0.29, 0.717) is 0 Å². The van der Waals surface area contributed by atoms with Gasteiger partial charge < -0.3 is 4.98 Å². The Labute approximate surface area is 66.6 Å². The van der Waals surface area contributed by atoms with E-state index in [0.717, 1.165) is 11.3 Å². The lowest BCUT2D eigenvalue weighted by molar-refractivity contribution is 1.20. The summed E-state index contributed by atoms with van der Waals surface area (Å²) in [5.74, 6) is 0. The van der Waals surface area contributed by atoms with Crippen molar-refractivity contribution in [2.24, 2.45) is 0 Å². The van der Waals surface area contributed by atoms with Gasteiger partial charge in [0.2, 0.25) is 0 Å². The third-order valence-electron chi connectivity index (χ3n) is 1.35. The lowest BCUT2D eigenvalue weighted by atomic mass is 10.3. The Morgan fingerprint density at radius 3 is 2.91 bits per heavy atom. The number of H-pyrrole nitrogens is 1. The third-order valence-corrected chi connectivity index (χ3v) is 1.35. The molecule has 1 aromatic heterocycles. The van der Waals surface area contributed by atoms with Crippen molar-refractivity contribution in [3.63, 3.8) is 0 Å². The maximum atomic E-state index is 4.04. The highest BCUT2D eigenvalue weighted by Gasteiger charge is 1.76. The first kappa shape index (κ1) is 7.79. The Balaban J connectivity index is 3.23. The molecule has 0 bridgehead atoms. The van der Waals surface area contributed by atoms with E-state index in [1.54, 1.807) is 6.20 Å². The maximum absolute atomic E-state index is 4.04. The number of hydrogen-bond acceptors (Lipinski definition) is 1. The van der Waals surface area contributed by atoms with Crippen molar-refractivity contribution in [3.05, 3.63) is 42.0 Å². The van der Waals surface area contributed by atoms with Crippen LogP contribution in [-0.2, 0) is 0 Å². The van der Waals surface area contributed by atoms with Crippen LogP contribution in [0.1, 0.15) is 11.3 Å². The standard InChI is InChI=1S/C9H12N2/c1-8-3-4-9(2)11-6-5-10-7-8/h3-7,11H,1-2H3. The van der Waals surface area contributed by atoms with Crippen LogP contribution in [0.15, 0.2) is 30.7 Å². The molecule has 0 aliphatic carbocycles. The summed E-state index contributed by atoms with van der Waals surface area (Å²) in [6.45, 7) is 4.03. The second-order valence-electron chi connectivity index (χ2n) is 2.50. The molecule has 0 aliphatic heterocycles. The van der Waals surface area contributed by atoms with Crippen molar-refractivity contribution in [2.45, 2.75) is 13.8 Å². The summed E-state index contributed by atoms with van der Waals surface area (Å²) in [7, 11) is 0. The minimum absolute atomic E-state index is 1.12. The molecule has 0 radical (unpaired) electrons. The number of aromatic nitrogens is 2. The van der Waals surface area contributed by atoms with Crippen LogP contribution in [0.4, 0.5) is 0 Å². The van der Waals surface area contributed by atoms with E-state index in [2.05, 4.69) is 9.97 Å². The maximum Gasteiger partial charge on any atom is 0.0428 e. The van der Waals surface area contributed by atoms with Crippen molar-refractivity contribution in [2.75, 3.05) is 0 Å². The summed E-state index contributed by atoms with van der Waals surface area (Å²) < 4.78 is 0. The molecule has 0 fully saturated rings. The van der Waals surface area contributed by atoms with Gasteiger partial charge in [-0.3, -0.25) is 4.98 Å². The van der Waals surface area contributed by atoms with E-state index in [9.17, 15) is 0 Å². The van der Waals surface area contributed by atoms with Gasteiger partial charge >= 0.3 is 0 Å². The van der Waals surface area contributed by atoms with Crippen LogP contribution in [0, 0.1) is 13.8 Å². The van der Waals surface area contributed by atoms with Gasteiger partial charge in [0.1, 0.15) is 0 Å². The molecular formula is C9H12N2. The minimum Gasteiger partial charge on any atom is -0.364 e. The zero-order chi connectivity index (χ0) is 8.10. The van der Waals surface area contributed by atoms with Crippen LogP contribution >= 0.6 is 0 Å². The van der Waals surface area contributed by atoms with Crippen molar-refractivity contribution in [1.29, 1.82) is 0 Å². The van der Waals surface area contributed by atoms with Crippen LogP contribution in [0.25, 0.3) is 0 Å². The van der Waals surface area contributed by atoms with Crippen LogP contribution in [0.2, 0.25) is 0 Å². The molecule has 0 aliphatic rings. The molecule has 0 aromatic carbocycles. The Bertz CT molecular complexity index is 248. The zero-order valence-electron chi connectivity index (χ0n) is 6.83. The molecule has 0 amide bonds. The lowest BCUT2D eigenvalue weighted by Gasteiger charge is -1.82. The van der Waals surface area contributed by atoms with Crippen molar-refractivity contribution >= 4 is 0 Å². The highest BCUT2D eigenvalue weighted by atomic mass is 14.7. The van der Waals surface area contributed by atoms with Gasteiger partial charge in [0.25, 0.3) is 0 Å². The van der Waals surface area contributed by atoms with Crippen LogP contribution < -0.4 is 0 Å². The van der Waals surface area contributed by atoms with Gasteiger partial charge in [-0.1, -0.05) is 6.07 Å². The smallest absolute Gasteiger partial charge is 0.0428 e. The van der Waals surface area contributed by atoms with E-state index in [1.165, 1.54) is 0 Å². The van der Waals surface area contributed by atoms with Gasteiger partial charge in [0, 0.05) is 24.3 Å². The predicted molar refractivity (Wildman–Crippen MR) is 45.7 cm³/mol. The fraction of sp³-hybridized carbons (Fsp3) is 0.222. The van der Waals surface area contributed by atoms with Crippen LogP contribution in [0.3, 0.4) is 0 Å². The first-order valence-electron chi connectivity index (χ1n) is 3.59. The molecule has 1 heterocycles. The molecule has 0 saturated heterocycles. The van der Waals surface area contributed by atoms with Gasteiger partial charge in [0.05, 0.1) is 0 Å². The van der Waals surface area contributed by atoms with Gasteiger partial charge in [-0.25, -0.2) is 0 Å². The number of aromatic amines is 1. The first-order chi connectivity index (χ1) is 5.29. The van der Waals surface area contributed by atoms with Crippen LogP contribution in [-0.4, -0.2) is 9.97 Å². The molecular weight excluding hydrogens is 136 g/mol. The normalized spacial score (nSPS) is 8.91. The second-order valence-corrected chi connectivity index (χ2v) is 2.50. The molecule has 58 valence electrons. The van der Waals surface area contributed by atoms with Crippen molar-refractivity contribution in [1.82, 2.24) is 9.97 Å². The van der Waals surface area contributed by atoms with Gasteiger partial charge in [0.15, 0.2) is 0 Å². The summed E-state index contributed by atoms with van der Waals surface area (Å²) in [5, 5.41) is 0. The highest BCUT2D eigenvalue weighted by Crippen LogP contribution is 1.90. The molecule has 0 saturated carbocycles. The summed E-state index contributed by atoms with van der Waals surface area (Å²) in [4.78, 5) is 7.10. The summed E-state index contributed by atoms with van der Waals surface area (Å²) >= 11 is 0. The molecule has 1 N–H and O–H groups in total. The summed E-state index contributed by atoms with van der Waals surface area (Å²) in [5.41, 5.74) is 2.27. The van der Waals surface area contributed by atoms with Crippen molar-refractivity contribution < 1.29 is 0 Å².